The molecule has 4 aromatic carbocycles. The van der Waals surface area contributed by atoms with Gasteiger partial charge in [0.2, 0.25) is 0 Å². The number of ether oxygens (including phenoxy) is 2. The molecule has 1 saturated heterocycles. The predicted octanol–water partition coefficient (Wildman–Crippen LogP) is 6.47. The van der Waals surface area contributed by atoms with E-state index in [0.717, 1.165) is 28.3 Å². The van der Waals surface area contributed by atoms with Crippen molar-refractivity contribution in [1.29, 1.82) is 0 Å². The normalized spacial score (nSPS) is 14.6. The summed E-state index contributed by atoms with van der Waals surface area (Å²) in [5, 5.41) is 5.18. The molecule has 1 aliphatic heterocycles. The zero-order valence-electron chi connectivity index (χ0n) is 21.4. The monoisotopic (exact) mass is 556 g/mol. The molecule has 0 radical (unpaired) electrons. The van der Waals surface area contributed by atoms with Crippen molar-refractivity contribution in [2.24, 2.45) is 0 Å². The third kappa shape index (κ3) is 5.50. The van der Waals surface area contributed by atoms with E-state index < -0.39 is 11.8 Å². The van der Waals surface area contributed by atoms with Crippen LogP contribution in [0.4, 0.5) is 5.69 Å². The van der Waals surface area contributed by atoms with Gasteiger partial charge in [-0.15, -0.1) is 0 Å². The van der Waals surface area contributed by atoms with Gasteiger partial charge in [0.1, 0.15) is 12.2 Å². The summed E-state index contributed by atoms with van der Waals surface area (Å²) in [4.78, 5) is 27.4. The summed E-state index contributed by atoms with van der Waals surface area (Å²) < 4.78 is 11.6. The largest absolute Gasteiger partial charge is 0.493 e. The van der Waals surface area contributed by atoms with Crippen molar-refractivity contribution in [1.82, 2.24) is 5.32 Å². The Morgan fingerprint density at radius 1 is 0.949 bits per heavy atom. The van der Waals surface area contributed by atoms with Gasteiger partial charge in [-0.1, -0.05) is 67.1 Å². The Kier molecular flexibility index (Phi) is 7.63. The van der Waals surface area contributed by atoms with Crippen LogP contribution in [0.15, 0.2) is 84.4 Å². The molecule has 1 N–H and O–H groups in total. The molecule has 4 aromatic rings. The molecular weight excluding hydrogens is 532 g/mol. The number of hydrogen-bond donors (Lipinski definition) is 1. The predicted molar refractivity (Wildman–Crippen MR) is 158 cm³/mol. The van der Waals surface area contributed by atoms with Gasteiger partial charge in [0.05, 0.1) is 17.8 Å². The highest BCUT2D eigenvalue weighted by Crippen LogP contribution is 2.38. The average Bonchev–Trinajstić information content (AvgIpc) is 2.94. The van der Waals surface area contributed by atoms with Crippen LogP contribution >= 0.6 is 23.8 Å². The number of benzene rings is 4. The fourth-order valence-corrected chi connectivity index (χ4v) is 4.94. The van der Waals surface area contributed by atoms with E-state index in [-0.39, 0.29) is 22.3 Å². The number of anilines is 1. The lowest BCUT2D eigenvalue weighted by molar-refractivity contribution is -0.122. The molecule has 6 nitrogen and oxygen atoms in total. The summed E-state index contributed by atoms with van der Waals surface area (Å²) in [7, 11) is 1.50. The van der Waals surface area contributed by atoms with Gasteiger partial charge in [0.15, 0.2) is 16.6 Å². The van der Waals surface area contributed by atoms with Gasteiger partial charge in [-0.05, 0) is 82.5 Å². The first-order valence-electron chi connectivity index (χ1n) is 12.4. The number of amides is 2. The van der Waals surface area contributed by atoms with Crippen molar-refractivity contribution in [3.05, 3.63) is 106 Å². The zero-order valence-corrected chi connectivity index (χ0v) is 22.9. The Bertz CT molecular complexity index is 1630. The quantitative estimate of drug-likeness (QED) is 0.160. The maximum Gasteiger partial charge on any atom is 0.270 e. The summed E-state index contributed by atoms with van der Waals surface area (Å²) in [5.41, 5.74) is 3.10. The Balaban J connectivity index is 1.41. The minimum atomic E-state index is -0.585. The third-order valence-corrected chi connectivity index (χ3v) is 7.03. The van der Waals surface area contributed by atoms with Crippen molar-refractivity contribution in [3.63, 3.8) is 0 Å². The van der Waals surface area contributed by atoms with Crippen LogP contribution in [0.3, 0.4) is 0 Å². The van der Waals surface area contributed by atoms with Crippen molar-refractivity contribution in [2.75, 3.05) is 12.0 Å². The van der Waals surface area contributed by atoms with Gasteiger partial charge in [0.25, 0.3) is 11.8 Å². The number of nitrogens with one attached hydrogen (secondary N) is 1. The van der Waals surface area contributed by atoms with Gasteiger partial charge in [0, 0.05) is 0 Å². The fourth-order valence-electron chi connectivity index (χ4n) is 4.39. The fraction of sp³-hybridized carbons (Fsp3) is 0.129. The molecule has 39 heavy (non-hydrogen) atoms. The number of carbonyl (C=O) groups excluding carboxylic acids is 2. The maximum atomic E-state index is 13.4. The molecule has 0 saturated carbocycles. The number of carbonyl (C=O) groups is 2. The number of rotatable bonds is 7. The van der Waals surface area contributed by atoms with Crippen LogP contribution in [0.25, 0.3) is 16.8 Å². The van der Waals surface area contributed by atoms with Crippen LogP contribution in [0.2, 0.25) is 5.02 Å². The summed E-state index contributed by atoms with van der Waals surface area (Å²) in [6, 6.07) is 25.0. The average molecular weight is 557 g/mol. The van der Waals surface area contributed by atoms with Gasteiger partial charge in [-0.3, -0.25) is 19.8 Å². The number of nitrogens with zero attached hydrogens (tertiary/aromatic N) is 1. The van der Waals surface area contributed by atoms with Crippen molar-refractivity contribution in [3.8, 4) is 11.5 Å². The Hall–Kier alpha value is -4.20. The van der Waals surface area contributed by atoms with E-state index in [1.54, 1.807) is 24.3 Å². The second-order valence-corrected chi connectivity index (χ2v) is 9.78. The molecule has 0 aliphatic carbocycles. The zero-order chi connectivity index (χ0) is 27.5. The molecule has 0 unspecified atom stereocenters. The number of thiocarbonyl (C=S) groups is 1. The molecular formula is C31H25ClN2O4S. The maximum absolute atomic E-state index is 13.4. The minimum absolute atomic E-state index is 0.0273. The highest BCUT2D eigenvalue weighted by molar-refractivity contribution is 7.80. The second kappa shape index (κ2) is 11.3. The molecule has 196 valence electrons. The number of fused-ring (bicyclic) bond motifs is 1. The van der Waals surface area contributed by atoms with Gasteiger partial charge < -0.3 is 9.47 Å². The van der Waals surface area contributed by atoms with Crippen LogP contribution in [0.5, 0.6) is 11.5 Å². The summed E-state index contributed by atoms with van der Waals surface area (Å²) in [5.74, 6) is -0.369. The number of hydrogen-bond acceptors (Lipinski definition) is 5. The first-order chi connectivity index (χ1) is 18.9. The van der Waals surface area contributed by atoms with Crippen LogP contribution in [-0.2, 0) is 22.6 Å². The van der Waals surface area contributed by atoms with Gasteiger partial charge >= 0.3 is 0 Å². The van der Waals surface area contributed by atoms with E-state index in [1.165, 1.54) is 18.1 Å². The third-order valence-electron chi connectivity index (χ3n) is 6.46. The van der Waals surface area contributed by atoms with Crippen LogP contribution in [0.1, 0.15) is 23.6 Å². The second-order valence-electron chi connectivity index (χ2n) is 8.98. The highest BCUT2D eigenvalue weighted by atomic mass is 35.5. The summed E-state index contributed by atoms with van der Waals surface area (Å²) in [6.45, 7) is 2.33. The molecule has 8 heteroatoms. The molecule has 0 bridgehead atoms. The van der Waals surface area contributed by atoms with Crippen LogP contribution < -0.4 is 19.7 Å². The Labute approximate surface area is 236 Å². The van der Waals surface area contributed by atoms with E-state index in [2.05, 4.69) is 17.4 Å². The van der Waals surface area contributed by atoms with E-state index in [4.69, 9.17) is 33.3 Å². The van der Waals surface area contributed by atoms with E-state index in [9.17, 15) is 9.59 Å². The lowest BCUT2D eigenvalue weighted by atomic mass is 10.1. The molecule has 0 spiro atoms. The van der Waals surface area contributed by atoms with Crippen molar-refractivity contribution in [2.45, 2.75) is 20.0 Å². The SMILES string of the molecule is CCc1ccc(N2C(=O)/C(=C/c3cc(Cl)c(OCc4ccc5ccccc5c4)c(OC)c3)C(=O)NC2=S)cc1. The van der Waals surface area contributed by atoms with Crippen molar-refractivity contribution >= 4 is 63.3 Å². The summed E-state index contributed by atoms with van der Waals surface area (Å²) in [6.07, 6.45) is 2.33. The molecule has 0 aromatic heterocycles. The summed E-state index contributed by atoms with van der Waals surface area (Å²) >= 11 is 11.9. The minimum Gasteiger partial charge on any atom is -0.493 e. The molecule has 1 heterocycles. The lowest BCUT2D eigenvalue weighted by Gasteiger charge is -2.29. The standard InChI is InChI=1S/C31H25ClN2O4S/c1-3-19-9-12-24(13-10-19)34-30(36)25(29(35)33-31(34)39)15-21-16-26(32)28(27(17-21)37-2)38-18-20-8-11-22-6-4-5-7-23(22)14-20/h4-17H,3,18H2,1-2H3,(H,33,35,39)/b25-15+. The van der Waals surface area contributed by atoms with E-state index in [0.29, 0.717) is 22.7 Å². The van der Waals surface area contributed by atoms with Gasteiger partial charge in [-0.2, -0.15) is 0 Å². The number of methoxy groups -OCH3 is 1. The number of aryl methyl sites for hydroxylation is 1. The Morgan fingerprint density at radius 2 is 1.67 bits per heavy atom. The lowest BCUT2D eigenvalue weighted by Crippen LogP contribution is -2.54. The Morgan fingerprint density at radius 3 is 2.38 bits per heavy atom. The molecule has 2 amide bonds. The molecule has 5 rings (SSSR count). The highest BCUT2D eigenvalue weighted by Gasteiger charge is 2.34. The van der Waals surface area contributed by atoms with Crippen molar-refractivity contribution < 1.29 is 19.1 Å². The van der Waals surface area contributed by atoms with E-state index in [1.807, 2.05) is 49.4 Å². The topological polar surface area (TPSA) is 67.9 Å². The van der Waals surface area contributed by atoms with Gasteiger partial charge in [-0.25, -0.2) is 0 Å². The van der Waals surface area contributed by atoms with E-state index >= 15 is 0 Å². The van der Waals surface area contributed by atoms with Crippen LogP contribution in [0, 0.1) is 0 Å². The number of halogens is 1. The smallest absolute Gasteiger partial charge is 0.270 e. The van der Waals surface area contributed by atoms with Crippen LogP contribution in [-0.4, -0.2) is 24.0 Å². The molecule has 0 atom stereocenters. The first kappa shape index (κ1) is 26.4. The molecule has 1 aliphatic rings. The first-order valence-corrected chi connectivity index (χ1v) is 13.1. The molecule has 1 fully saturated rings.